The van der Waals surface area contributed by atoms with Crippen molar-refractivity contribution in [1.29, 1.82) is 0 Å². The molecule has 1 heterocycles. The summed E-state index contributed by atoms with van der Waals surface area (Å²) in [7, 11) is 0. The number of esters is 1. The number of thioether (sulfide) groups is 1. The predicted molar refractivity (Wildman–Crippen MR) is 149 cm³/mol. The highest BCUT2D eigenvalue weighted by Crippen LogP contribution is 2.26. The van der Waals surface area contributed by atoms with E-state index in [4.69, 9.17) is 16.3 Å². The first-order chi connectivity index (χ1) is 18.2. The highest BCUT2D eigenvalue weighted by Gasteiger charge is 2.25. The van der Waals surface area contributed by atoms with Crippen LogP contribution in [0.15, 0.2) is 53.7 Å². The third-order valence-electron chi connectivity index (χ3n) is 5.49. The van der Waals surface area contributed by atoms with Gasteiger partial charge in [0.15, 0.2) is 11.0 Å². The van der Waals surface area contributed by atoms with Gasteiger partial charge in [-0.25, -0.2) is 4.79 Å². The number of halogens is 1. The lowest BCUT2D eigenvalue weighted by Gasteiger charge is -2.21. The molecule has 0 saturated heterocycles. The van der Waals surface area contributed by atoms with E-state index in [1.165, 1.54) is 11.8 Å². The zero-order valence-corrected chi connectivity index (χ0v) is 23.4. The standard InChI is InChI=1S/C27H32ClN5O4S/c1-5-33-24(22(14-17(3)4)30-25(35)20-12-7-8-13-21(20)28)31-32-27(33)38-16-23(34)29-19-11-9-10-18(15-19)26(36)37-6-2/h7-13,15,17,22H,5-6,14,16H2,1-4H3,(H,29,34)(H,30,35)/t22-/m0/s1. The van der Waals surface area contributed by atoms with Crippen molar-refractivity contribution in [3.8, 4) is 0 Å². The minimum atomic E-state index is -0.445. The predicted octanol–water partition coefficient (Wildman–Crippen LogP) is 5.38. The smallest absolute Gasteiger partial charge is 0.338 e. The number of ether oxygens (including phenoxy) is 1. The summed E-state index contributed by atoms with van der Waals surface area (Å²) < 4.78 is 6.91. The zero-order valence-electron chi connectivity index (χ0n) is 21.9. The summed E-state index contributed by atoms with van der Waals surface area (Å²) in [5.74, 6) is -0.00568. The van der Waals surface area contributed by atoms with Crippen LogP contribution in [0.25, 0.3) is 0 Å². The van der Waals surface area contributed by atoms with Crippen molar-refractivity contribution in [2.75, 3.05) is 17.7 Å². The second kappa shape index (κ2) is 14.0. The van der Waals surface area contributed by atoms with Crippen LogP contribution in [0.3, 0.4) is 0 Å². The van der Waals surface area contributed by atoms with E-state index in [1.54, 1.807) is 55.5 Å². The minimum Gasteiger partial charge on any atom is -0.462 e. The molecule has 3 rings (SSSR count). The molecule has 0 unspecified atom stereocenters. The number of hydrogen-bond donors (Lipinski definition) is 2. The van der Waals surface area contributed by atoms with Gasteiger partial charge in [0, 0.05) is 12.2 Å². The molecule has 9 nitrogen and oxygen atoms in total. The molecule has 0 saturated carbocycles. The van der Waals surface area contributed by atoms with E-state index >= 15 is 0 Å². The van der Waals surface area contributed by atoms with Crippen LogP contribution >= 0.6 is 23.4 Å². The van der Waals surface area contributed by atoms with Gasteiger partial charge in [0.1, 0.15) is 0 Å². The summed E-state index contributed by atoms with van der Waals surface area (Å²) in [4.78, 5) is 37.6. The Morgan fingerprint density at radius 2 is 1.84 bits per heavy atom. The molecule has 2 aromatic carbocycles. The Bertz CT molecular complexity index is 1280. The molecule has 38 heavy (non-hydrogen) atoms. The van der Waals surface area contributed by atoms with E-state index in [2.05, 4.69) is 34.7 Å². The molecule has 2 N–H and O–H groups in total. The zero-order chi connectivity index (χ0) is 27.7. The van der Waals surface area contributed by atoms with Crippen molar-refractivity contribution in [3.63, 3.8) is 0 Å². The Morgan fingerprint density at radius 3 is 2.53 bits per heavy atom. The number of amides is 2. The molecule has 1 aromatic heterocycles. The van der Waals surface area contributed by atoms with Gasteiger partial charge < -0.3 is 19.9 Å². The summed E-state index contributed by atoms with van der Waals surface area (Å²) in [5.41, 5.74) is 1.25. The fourth-order valence-electron chi connectivity index (χ4n) is 3.81. The number of carbonyl (C=O) groups is 3. The number of nitrogens with one attached hydrogen (secondary N) is 2. The first-order valence-corrected chi connectivity index (χ1v) is 13.8. The molecule has 3 aromatic rings. The van der Waals surface area contributed by atoms with Crippen molar-refractivity contribution in [1.82, 2.24) is 20.1 Å². The quantitative estimate of drug-likeness (QED) is 0.227. The van der Waals surface area contributed by atoms with Crippen LogP contribution in [-0.4, -0.2) is 44.9 Å². The van der Waals surface area contributed by atoms with Gasteiger partial charge >= 0.3 is 5.97 Å². The topological polar surface area (TPSA) is 115 Å². The van der Waals surface area contributed by atoms with E-state index < -0.39 is 5.97 Å². The summed E-state index contributed by atoms with van der Waals surface area (Å²) >= 11 is 7.47. The molecule has 0 aliphatic heterocycles. The van der Waals surface area contributed by atoms with Crippen LogP contribution in [0.5, 0.6) is 0 Å². The Morgan fingerprint density at radius 1 is 1.08 bits per heavy atom. The first kappa shape index (κ1) is 29.2. The van der Waals surface area contributed by atoms with Crippen LogP contribution in [0, 0.1) is 5.92 Å². The van der Waals surface area contributed by atoms with Gasteiger partial charge in [0.05, 0.1) is 34.6 Å². The van der Waals surface area contributed by atoms with Crippen molar-refractivity contribution >= 4 is 46.8 Å². The van der Waals surface area contributed by atoms with Crippen LogP contribution in [0.2, 0.25) is 5.02 Å². The molecule has 0 fully saturated rings. The van der Waals surface area contributed by atoms with E-state index in [1.807, 2.05) is 11.5 Å². The fourth-order valence-corrected chi connectivity index (χ4v) is 4.84. The number of aromatic nitrogens is 3. The average molecular weight is 558 g/mol. The van der Waals surface area contributed by atoms with Gasteiger partial charge in [-0.15, -0.1) is 10.2 Å². The van der Waals surface area contributed by atoms with E-state index in [0.717, 1.165) is 0 Å². The number of anilines is 1. The summed E-state index contributed by atoms with van der Waals surface area (Å²) in [6.07, 6.45) is 0.649. The molecule has 2 amide bonds. The van der Waals surface area contributed by atoms with Crippen molar-refractivity contribution in [2.45, 2.75) is 51.9 Å². The maximum absolute atomic E-state index is 13.0. The fraction of sp³-hybridized carbons (Fsp3) is 0.370. The second-order valence-electron chi connectivity index (χ2n) is 8.86. The lowest BCUT2D eigenvalue weighted by molar-refractivity contribution is -0.113. The summed E-state index contributed by atoms with van der Waals surface area (Å²) in [6, 6.07) is 13.1. The lowest BCUT2D eigenvalue weighted by atomic mass is 10.0. The third kappa shape index (κ3) is 7.82. The van der Waals surface area contributed by atoms with Gasteiger partial charge in [0.25, 0.3) is 5.91 Å². The number of benzene rings is 2. The molecule has 0 spiro atoms. The van der Waals surface area contributed by atoms with E-state index in [0.29, 0.717) is 45.8 Å². The van der Waals surface area contributed by atoms with Crippen LogP contribution < -0.4 is 10.6 Å². The molecular weight excluding hydrogens is 526 g/mol. The number of hydrogen-bond acceptors (Lipinski definition) is 7. The SMILES string of the molecule is CCOC(=O)c1cccc(NC(=O)CSc2nnc([C@H](CC(C)C)NC(=O)c3ccccc3Cl)n2CC)c1. The Hall–Kier alpha value is -3.37. The number of rotatable bonds is 12. The number of carbonyl (C=O) groups excluding carboxylic acids is 3. The normalized spacial score (nSPS) is 11.7. The van der Waals surface area contributed by atoms with Gasteiger partial charge in [-0.05, 0) is 56.5 Å². The number of nitrogens with zero attached hydrogens (tertiary/aromatic N) is 3. The van der Waals surface area contributed by atoms with Gasteiger partial charge in [-0.1, -0.05) is 55.4 Å². The Labute approximate surface area is 231 Å². The molecule has 0 aliphatic carbocycles. The molecule has 0 radical (unpaired) electrons. The average Bonchev–Trinajstić information content (AvgIpc) is 3.30. The summed E-state index contributed by atoms with van der Waals surface area (Å²) in [5, 5.41) is 15.5. The van der Waals surface area contributed by atoms with Crippen molar-refractivity contribution in [2.24, 2.45) is 5.92 Å². The van der Waals surface area contributed by atoms with Crippen LogP contribution in [0.1, 0.15) is 66.7 Å². The molecule has 0 aliphatic rings. The molecule has 1 atom stereocenters. The molecule has 202 valence electrons. The van der Waals surface area contributed by atoms with E-state index in [9.17, 15) is 14.4 Å². The monoisotopic (exact) mass is 557 g/mol. The van der Waals surface area contributed by atoms with E-state index in [-0.39, 0.29) is 36.1 Å². The first-order valence-electron chi connectivity index (χ1n) is 12.4. The second-order valence-corrected chi connectivity index (χ2v) is 10.2. The maximum Gasteiger partial charge on any atom is 0.338 e. The molecule has 0 bridgehead atoms. The largest absolute Gasteiger partial charge is 0.462 e. The Balaban J connectivity index is 1.71. The molecular formula is C27H32ClN5O4S. The van der Waals surface area contributed by atoms with Gasteiger partial charge in [-0.2, -0.15) is 0 Å². The van der Waals surface area contributed by atoms with Crippen molar-refractivity contribution < 1.29 is 19.1 Å². The maximum atomic E-state index is 13.0. The minimum absolute atomic E-state index is 0.0859. The lowest BCUT2D eigenvalue weighted by Crippen LogP contribution is -2.31. The van der Waals surface area contributed by atoms with Gasteiger partial charge in [0.2, 0.25) is 5.91 Å². The highest BCUT2D eigenvalue weighted by atomic mass is 35.5. The molecule has 11 heteroatoms. The summed E-state index contributed by atoms with van der Waals surface area (Å²) in [6.45, 7) is 8.66. The van der Waals surface area contributed by atoms with Gasteiger partial charge in [-0.3, -0.25) is 9.59 Å². The van der Waals surface area contributed by atoms with Crippen LogP contribution in [-0.2, 0) is 16.1 Å². The third-order valence-corrected chi connectivity index (χ3v) is 6.79. The van der Waals surface area contributed by atoms with Crippen LogP contribution in [0.4, 0.5) is 5.69 Å². The van der Waals surface area contributed by atoms with Crippen molar-refractivity contribution in [3.05, 3.63) is 70.5 Å². The Kier molecular flexibility index (Phi) is 10.7. The highest BCUT2D eigenvalue weighted by molar-refractivity contribution is 7.99.